The quantitative estimate of drug-likeness (QED) is 0.604. The van der Waals surface area contributed by atoms with Crippen LogP contribution in [0.1, 0.15) is 26.7 Å². The molecule has 1 unspecified atom stereocenters. The lowest BCUT2D eigenvalue weighted by Gasteiger charge is -2.38. The highest BCUT2D eigenvalue weighted by Crippen LogP contribution is 2.24. The van der Waals surface area contributed by atoms with E-state index in [-0.39, 0.29) is 0 Å². The van der Waals surface area contributed by atoms with Crippen LogP contribution < -0.4 is 5.32 Å². The first-order valence-electron chi connectivity index (χ1n) is 5.56. The van der Waals surface area contributed by atoms with Gasteiger partial charge in [-0.1, -0.05) is 13.8 Å². The van der Waals surface area contributed by atoms with Gasteiger partial charge in [-0.3, -0.25) is 0 Å². The molecule has 0 aliphatic carbocycles. The number of hydrogen-bond acceptors (Lipinski definition) is 3. The molecule has 0 spiro atoms. The summed E-state index contributed by atoms with van der Waals surface area (Å²) in [5.74, 6) is 0.444. The third kappa shape index (κ3) is 3.95. The lowest BCUT2D eigenvalue weighted by Crippen LogP contribution is -2.47. The zero-order chi connectivity index (χ0) is 10.4. The van der Waals surface area contributed by atoms with Crippen molar-refractivity contribution in [2.75, 3.05) is 32.9 Å². The van der Waals surface area contributed by atoms with Crippen molar-refractivity contribution >= 4 is 0 Å². The molecule has 0 aromatic carbocycles. The van der Waals surface area contributed by atoms with E-state index in [2.05, 4.69) is 19.2 Å². The third-order valence-electron chi connectivity index (χ3n) is 2.81. The number of hydrogen-bond donors (Lipinski definition) is 2. The van der Waals surface area contributed by atoms with Gasteiger partial charge in [0.2, 0.25) is 0 Å². The zero-order valence-electron chi connectivity index (χ0n) is 9.38. The van der Waals surface area contributed by atoms with Gasteiger partial charge in [0.15, 0.2) is 0 Å². The first-order valence-corrected chi connectivity index (χ1v) is 5.56. The van der Waals surface area contributed by atoms with Crippen molar-refractivity contribution in [2.24, 2.45) is 11.3 Å². The number of nitrogens with one attached hydrogen (secondary N) is 1. The van der Waals surface area contributed by atoms with Crippen LogP contribution in [0.4, 0.5) is 0 Å². The first-order chi connectivity index (χ1) is 6.66. The van der Waals surface area contributed by atoms with E-state index in [1.165, 1.54) is 0 Å². The van der Waals surface area contributed by atoms with Gasteiger partial charge in [-0.15, -0.1) is 0 Å². The Hall–Kier alpha value is -0.120. The Morgan fingerprint density at radius 2 is 2.21 bits per heavy atom. The average molecular weight is 201 g/mol. The molecule has 2 N–H and O–H groups in total. The van der Waals surface area contributed by atoms with Gasteiger partial charge in [0.25, 0.3) is 0 Å². The molecule has 3 heteroatoms. The van der Waals surface area contributed by atoms with Gasteiger partial charge in [-0.25, -0.2) is 0 Å². The van der Waals surface area contributed by atoms with E-state index in [1.54, 1.807) is 0 Å². The fraction of sp³-hybridized carbons (Fsp3) is 1.00. The molecular weight excluding hydrogens is 178 g/mol. The lowest BCUT2D eigenvalue weighted by atomic mass is 9.89. The van der Waals surface area contributed by atoms with Crippen LogP contribution >= 0.6 is 0 Å². The van der Waals surface area contributed by atoms with Crippen LogP contribution in [0.3, 0.4) is 0 Å². The highest BCUT2D eigenvalue weighted by Gasteiger charge is 2.32. The third-order valence-corrected chi connectivity index (χ3v) is 2.81. The molecule has 1 fully saturated rings. The predicted octanol–water partition coefficient (Wildman–Crippen LogP) is 1.02. The molecule has 0 aromatic rings. The topological polar surface area (TPSA) is 41.5 Å². The van der Waals surface area contributed by atoms with Gasteiger partial charge < -0.3 is 15.2 Å². The molecule has 1 rings (SSSR count). The summed E-state index contributed by atoms with van der Waals surface area (Å²) in [6.07, 6.45) is 2.26. The molecule has 1 heterocycles. The monoisotopic (exact) mass is 201 g/mol. The summed E-state index contributed by atoms with van der Waals surface area (Å²) < 4.78 is 5.18. The van der Waals surface area contributed by atoms with Crippen molar-refractivity contribution in [3.8, 4) is 0 Å². The number of aliphatic hydroxyl groups is 1. The summed E-state index contributed by atoms with van der Waals surface area (Å²) in [5, 5.41) is 12.3. The molecule has 0 amide bonds. The van der Waals surface area contributed by atoms with Gasteiger partial charge in [-0.05, 0) is 25.3 Å². The highest BCUT2D eigenvalue weighted by molar-refractivity contribution is 4.82. The van der Waals surface area contributed by atoms with Crippen LogP contribution in [0, 0.1) is 11.3 Å². The summed E-state index contributed by atoms with van der Waals surface area (Å²) in [5.41, 5.74) is 0.378. The number of aliphatic hydroxyl groups excluding tert-OH is 1. The van der Waals surface area contributed by atoms with E-state index in [4.69, 9.17) is 9.84 Å². The average Bonchev–Trinajstić information content (AvgIpc) is 2.14. The van der Waals surface area contributed by atoms with Gasteiger partial charge >= 0.3 is 0 Å². The van der Waals surface area contributed by atoms with Crippen LogP contribution in [0.15, 0.2) is 0 Å². The molecular formula is C11H23NO2. The minimum absolute atomic E-state index is 0.311. The van der Waals surface area contributed by atoms with Crippen molar-refractivity contribution in [1.29, 1.82) is 0 Å². The number of rotatable bonds is 7. The molecule has 14 heavy (non-hydrogen) atoms. The molecule has 1 saturated heterocycles. The molecule has 0 aromatic heterocycles. The van der Waals surface area contributed by atoms with Crippen LogP contribution in [-0.4, -0.2) is 38.0 Å². The van der Waals surface area contributed by atoms with Crippen molar-refractivity contribution in [3.63, 3.8) is 0 Å². The Morgan fingerprint density at radius 3 is 2.71 bits per heavy atom. The molecule has 1 atom stereocenters. The maximum atomic E-state index is 8.83. The standard InChI is InChI=1S/C11H23NO2/c1-10(6-13)4-3-5-12-7-11(2)8-14-9-11/h10,12-13H,3-9H2,1-2H3. The number of ether oxygens (including phenoxy) is 1. The Bertz CT molecular complexity index is 157. The summed E-state index contributed by atoms with van der Waals surface area (Å²) in [7, 11) is 0. The van der Waals surface area contributed by atoms with Crippen molar-refractivity contribution < 1.29 is 9.84 Å². The van der Waals surface area contributed by atoms with Crippen LogP contribution in [-0.2, 0) is 4.74 Å². The second kappa shape index (κ2) is 5.69. The Labute approximate surface area is 86.8 Å². The predicted molar refractivity (Wildman–Crippen MR) is 57.3 cm³/mol. The Morgan fingerprint density at radius 1 is 1.50 bits per heavy atom. The zero-order valence-corrected chi connectivity index (χ0v) is 9.38. The lowest BCUT2D eigenvalue weighted by molar-refractivity contribution is -0.0989. The molecule has 1 aliphatic heterocycles. The first kappa shape index (κ1) is 12.0. The van der Waals surface area contributed by atoms with E-state index in [0.29, 0.717) is 17.9 Å². The summed E-state index contributed by atoms with van der Waals surface area (Å²) >= 11 is 0. The van der Waals surface area contributed by atoms with E-state index >= 15 is 0 Å². The molecule has 0 radical (unpaired) electrons. The van der Waals surface area contributed by atoms with Gasteiger partial charge in [0.1, 0.15) is 0 Å². The summed E-state index contributed by atoms with van der Waals surface area (Å²) in [6.45, 7) is 8.55. The van der Waals surface area contributed by atoms with Gasteiger partial charge in [0.05, 0.1) is 13.2 Å². The Kier molecular flexibility index (Phi) is 4.85. The van der Waals surface area contributed by atoms with Crippen molar-refractivity contribution in [1.82, 2.24) is 5.32 Å². The smallest absolute Gasteiger partial charge is 0.0554 e. The largest absolute Gasteiger partial charge is 0.396 e. The molecule has 1 aliphatic rings. The fourth-order valence-corrected chi connectivity index (χ4v) is 1.61. The second-order valence-electron chi connectivity index (χ2n) is 4.91. The molecule has 0 bridgehead atoms. The normalized spacial score (nSPS) is 21.6. The van der Waals surface area contributed by atoms with Crippen LogP contribution in [0.25, 0.3) is 0 Å². The minimum Gasteiger partial charge on any atom is -0.396 e. The highest BCUT2D eigenvalue weighted by atomic mass is 16.5. The van der Waals surface area contributed by atoms with Gasteiger partial charge in [-0.2, -0.15) is 0 Å². The van der Waals surface area contributed by atoms with Gasteiger partial charge in [0, 0.05) is 18.6 Å². The van der Waals surface area contributed by atoms with Crippen LogP contribution in [0.2, 0.25) is 0 Å². The van der Waals surface area contributed by atoms with Crippen LogP contribution in [0.5, 0.6) is 0 Å². The maximum Gasteiger partial charge on any atom is 0.0554 e. The maximum absolute atomic E-state index is 8.83. The summed E-state index contributed by atoms with van der Waals surface area (Å²) in [6, 6.07) is 0. The molecule has 3 nitrogen and oxygen atoms in total. The molecule has 0 saturated carbocycles. The summed E-state index contributed by atoms with van der Waals surface area (Å²) in [4.78, 5) is 0. The van der Waals surface area contributed by atoms with E-state index in [0.717, 1.165) is 39.1 Å². The van der Waals surface area contributed by atoms with E-state index in [9.17, 15) is 0 Å². The second-order valence-corrected chi connectivity index (χ2v) is 4.91. The van der Waals surface area contributed by atoms with E-state index in [1.807, 2.05) is 0 Å². The Balaban J connectivity index is 1.89. The minimum atomic E-state index is 0.311. The van der Waals surface area contributed by atoms with Crippen molar-refractivity contribution in [3.05, 3.63) is 0 Å². The van der Waals surface area contributed by atoms with Crippen molar-refractivity contribution in [2.45, 2.75) is 26.7 Å². The SMILES string of the molecule is CC(CO)CCCNCC1(C)COC1. The van der Waals surface area contributed by atoms with E-state index < -0.39 is 0 Å². The fourth-order valence-electron chi connectivity index (χ4n) is 1.61. The molecule has 84 valence electrons.